The Hall–Kier alpha value is -2.01. The first-order chi connectivity index (χ1) is 8.66. The van der Waals surface area contributed by atoms with Crippen LogP contribution in [0.5, 0.6) is 0 Å². The molecule has 2 heterocycles. The predicted octanol–water partition coefficient (Wildman–Crippen LogP) is 3.39. The van der Waals surface area contributed by atoms with E-state index in [-0.39, 0.29) is 11.5 Å². The number of hydrogen-bond donors (Lipinski definition) is 1. The Bertz CT molecular complexity index is 713. The molecular formula is C13H10FN3S. The number of aryl methyl sites for hydroxylation is 1. The van der Waals surface area contributed by atoms with Crippen molar-refractivity contribution in [1.29, 1.82) is 0 Å². The number of nitrogens with zero attached hydrogens (tertiary/aromatic N) is 2. The third-order valence-electron chi connectivity index (χ3n) is 2.76. The van der Waals surface area contributed by atoms with E-state index in [9.17, 15) is 4.39 Å². The van der Waals surface area contributed by atoms with E-state index in [2.05, 4.69) is 9.97 Å². The summed E-state index contributed by atoms with van der Waals surface area (Å²) in [5, 5.41) is 3.03. The summed E-state index contributed by atoms with van der Waals surface area (Å²) in [5.41, 5.74) is 6.71. The van der Waals surface area contributed by atoms with Gasteiger partial charge in [-0.15, -0.1) is 11.3 Å². The molecular weight excluding hydrogens is 249 g/mol. The minimum Gasteiger partial charge on any atom is -0.381 e. The highest BCUT2D eigenvalue weighted by atomic mass is 32.1. The van der Waals surface area contributed by atoms with Gasteiger partial charge in [-0.2, -0.15) is 0 Å². The lowest BCUT2D eigenvalue weighted by atomic mass is 10.1. The van der Waals surface area contributed by atoms with Gasteiger partial charge in [0.05, 0.1) is 5.69 Å². The highest BCUT2D eigenvalue weighted by molar-refractivity contribution is 7.17. The van der Waals surface area contributed by atoms with E-state index in [1.165, 1.54) is 0 Å². The van der Waals surface area contributed by atoms with E-state index in [4.69, 9.17) is 5.73 Å². The third-order valence-corrected chi connectivity index (χ3v) is 3.73. The molecule has 1 aromatic carbocycles. The van der Waals surface area contributed by atoms with Gasteiger partial charge in [-0.1, -0.05) is 18.2 Å². The molecule has 0 unspecified atom stereocenters. The summed E-state index contributed by atoms with van der Waals surface area (Å²) in [6, 6.07) is 7.97. The summed E-state index contributed by atoms with van der Waals surface area (Å²) in [6.45, 7) is 1.59. The number of fused-ring (bicyclic) bond motifs is 1. The summed E-state index contributed by atoms with van der Waals surface area (Å²) < 4.78 is 14.6. The fourth-order valence-corrected chi connectivity index (χ4v) is 2.79. The lowest BCUT2D eigenvalue weighted by Crippen LogP contribution is -2.02. The van der Waals surface area contributed by atoms with Crippen LogP contribution in [0.2, 0.25) is 0 Å². The van der Waals surface area contributed by atoms with Crippen LogP contribution in [-0.2, 0) is 0 Å². The molecule has 0 radical (unpaired) electrons. The largest absolute Gasteiger partial charge is 0.381 e. The van der Waals surface area contributed by atoms with Crippen LogP contribution < -0.4 is 5.73 Å². The van der Waals surface area contributed by atoms with E-state index < -0.39 is 5.82 Å². The first-order valence-corrected chi connectivity index (χ1v) is 6.31. The van der Waals surface area contributed by atoms with Crippen LogP contribution >= 0.6 is 11.3 Å². The van der Waals surface area contributed by atoms with Crippen molar-refractivity contribution in [2.24, 2.45) is 0 Å². The Labute approximate surface area is 107 Å². The van der Waals surface area contributed by atoms with Crippen molar-refractivity contribution in [2.75, 3.05) is 5.73 Å². The lowest BCUT2D eigenvalue weighted by Gasteiger charge is -2.03. The van der Waals surface area contributed by atoms with Gasteiger partial charge in [0.25, 0.3) is 0 Å². The van der Waals surface area contributed by atoms with Crippen molar-refractivity contribution in [3.63, 3.8) is 0 Å². The number of rotatable bonds is 1. The molecule has 0 saturated heterocycles. The van der Waals surface area contributed by atoms with Crippen molar-refractivity contribution in [3.8, 4) is 11.4 Å². The van der Waals surface area contributed by atoms with Crippen LogP contribution in [0.3, 0.4) is 0 Å². The van der Waals surface area contributed by atoms with Crippen LogP contribution in [0.15, 0.2) is 29.6 Å². The van der Waals surface area contributed by atoms with Crippen molar-refractivity contribution < 1.29 is 4.39 Å². The number of halogens is 1. The van der Waals surface area contributed by atoms with Gasteiger partial charge in [-0.25, -0.2) is 14.4 Å². The number of aromatic nitrogens is 2. The second kappa shape index (κ2) is 4.03. The van der Waals surface area contributed by atoms with Gasteiger partial charge in [0.15, 0.2) is 17.5 Å². The number of nitrogen functional groups attached to an aromatic ring is 1. The molecule has 0 amide bonds. The number of thiophene rings is 1. The predicted molar refractivity (Wildman–Crippen MR) is 72.0 cm³/mol. The summed E-state index contributed by atoms with van der Waals surface area (Å²) in [6.07, 6.45) is 0. The molecule has 3 aromatic rings. The van der Waals surface area contributed by atoms with E-state index in [0.717, 1.165) is 15.6 Å². The fraction of sp³-hybridized carbons (Fsp3) is 0.0769. The van der Waals surface area contributed by atoms with E-state index in [1.807, 2.05) is 29.6 Å². The molecule has 0 atom stereocenters. The van der Waals surface area contributed by atoms with Crippen LogP contribution in [-0.4, -0.2) is 9.97 Å². The molecule has 0 saturated carbocycles. The van der Waals surface area contributed by atoms with Crippen molar-refractivity contribution in [1.82, 2.24) is 9.97 Å². The standard InChI is InChI=1S/C13H10FN3S/c1-7-11(14)12(15)17-13(16-7)9-6-18-10-5-3-2-4-8(9)10/h2-6H,1H3,(H2,15,16,17). The molecule has 18 heavy (non-hydrogen) atoms. The van der Waals surface area contributed by atoms with Gasteiger partial charge in [-0.3, -0.25) is 0 Å². The normalized spacial score (nSPS) is 11.0. The zero-order valence-electron chi connectivity index (χ0n) is 9.64. The molecule has 90 valence electrons. The van der Waals surface area contributed by atoms with Gasteiger partial charge in [0.2, 0.25) is 0 Å². The molecule has 0 fully saturated rings. The first-order valence-electron chi connectivity index (χ1n) is 5.43. The summed E-state index contributed by atoms with van der Waals surface area (Å²) in [4.78, 5) is 8.19. The third kappa shape index (κ3) is 1.64. The molecule has 2 aromatic heterocycles. The molecule has 0 bridgehead atoms. The minimum absolute atomic E-state index is 0.104. The van der Waals surface area contributed by atoms with Gasteiger partial charge >= 0.3 is 0 Å². The number of hydrogen-bond acceptors (Lipinski definition) is 4. The first kappa shape index (κ1) is 11.1. The molecule has 0 aliphatic carbocycles. The second-order valence-electron chi connectivity index (χ2n) is 3.98. The van der Waals surface area contributed by atoms with E-state index in [1.54, 1.807) is 18.3 Å². The van der Waals surface area contributed by atoms with Gasteiger partial charge in [0.1, 0.15) is 0 Å². The maximum Gasteiger partial charge on any atom is 0.186 e. The Kier molecular flexibility index (Phi) is 2.48. The van der Waals surface area contributed by atoms with Crippen LogP contribution in [0.4, 0.5) is 10.2 Å². The zero-order valence-corrected chi connectivity index (χ0v) is 10.5. The average Bonchev–Trinajstić information content (AvgIpc) is 2.79. The maximum atomic E-state index is 13.4. The molecule has 5 heteroatoms. The second-order valence-corrected chi connectivity index (χ2v) is 4.89. The van der Waals surface area contributed by atoms with E-state index in [0.29, 0.717) is 5.82 Å². The molecule has 2 N–H and O–H groups in total. The fourth-order valence-electron chi connectivity index (χ4n) is 1.85. The number of anilines is 1. The Morgan fingerprint density at radius 1 is 1.22 bits per heavy atom. The van der Waals surface area contributed by atoms with Crippen molar-refractivity contribution in [3.05, 3.63) is 41.2 Å². The molecule has 0 aliphatic rings. The number of benzene rings is 1. The molecule has 3 rings (SSSR count). The Balaban J connectivity index is 2.26. The Morgan fingerprint density at radius 2 is 2.00 bits per heavy atom. The van der Waals surface area contributed by atoms with Gasteiger partial charge in [-0.05, 0) is 13.0 Å². The van der Waals surface area contributed by atoms with Gasteiger partial charge < -0.3 is 5.73 Å². The van der Waals surface area contributed by atoms with Crippen molar-refractivity contribution >= 4 is 27.2 Å². The van der Waals surface area contributed by atoms with E-state index >= 15 is 0 Å². The summed E-state index contributed by atoms with van der Waals surface area (Å²) >= 11 is 1.61. The average molecular weight is 259 g/mol. The zero-order chi connectivity index (χ0) is 12.7. The Morgan fingerprint density at radius 3 is 2.78 bits per heavy atom. The van der Waals surface area contributed by atoms with Crippen LogP contribution in [0.1, 0.15) is 5.69 Å². The highest BCUT2D eigenvalue weighted by Gasteiger charge is 2.13. The minimum atomic E-state index is -0.543. The van der Waals surface area contributed by atoms with Gasteiger partial charge in [0, 0.05) is 21.0 Å². The molecule has 3 nitrogen and oxygen atoms in total. The summed E-state index contributed by atoms with van der Waals surface area (Å²) in [7, 11) is 0. The highest BCUT2D eigenvalue weighted by Crippen LogP contribution is 2.32. The monoisotopic (exact) mass is 259 g/mol. The molecule has 0 aliphatic heterocycles. The lowest BCUT2D eigenvalue weighted by molar-refractivity contribution is 0.608. The number of nitrogens with two attached hydrogens (primary N) is 1. The summed E-state index contributed by atoms with van der Waals surface area (Å²) in [5.74, 6) is -0.171. The van der Waals surface area contributed by atoms with Crippen LogP contribution in [0, 0.1) is 12.7 Å². The van der Waals surface area contributed by atoms with Crippen LogP contribution in [0.25, 0.3) is 21.5 Å². The maximum absolute atomic E-state index is 13.4. The quantitative estimate of drug-likeness (QED) is 0.728. The topological polar surface area (TPSA) is 51.8 Å². The smallest absolute Gasteiger partial charge is 0.186 e. The SMILES string of the molecule is Cc1nc(-c2csc3ccccc23)nc(N)c1F. The van der Waals surface area contributed by atoms with Crippen molar-refractivity contribution in [2.45, 2.75) is 6.92 Å². The molecule has 0 spiro atoms.